The SMILES string of the molecule is CCOC1CCN(C(=O)CC2(N)CCCC2)CC1. The quantitative estimate of drug-likeness (QED) is 0.830. The summed E-state index contributed by atoms with van der Waals surface area (Å²) in [5.74, 6) is 0.245. The van der Waals surface area contributed by atoms with Gasteiger partial charge in [-0.25, -0.2) is 0 Å². The molecule has 1 aliphatic heterocycles. The molecule has 2 fully saturated rings. The number of ether oxygens (including phenoxy) is 1. The maximum atomic E-state index is 12.2. The smallest absolute Gasteiger partial charge is 0.224 e. The van der Waals surface area contributed by atoms with Crippen LogP contribution < -0.4 is 5.73 Å². The number of hydrogen-bond acceptors (Lipinski definition) is 3. The van der Waals surface area contributed by atoms with Gasteiger partial charge in [-0.05, 0) is 32.6 Å². The first kappa shape index (κ1) is 13.8. The van der Waals surface area contributed by atoms with E-state index in [0.29, 0.717) is 12.5 Å². The van der Waals surface area contributed by atoms with Gasteiger partial charge in [-0.3, -0.25) is 4.79 Å². The molecule has 4 nitrogen and oxygen atoms in total. The van der Waals surface area contributed by atoms with E-state index in [2.05, 4.69) is 0 Å². The van der Waals surface area contributed by atoms with Crippen LogP contribution in [0.5, 0.6) is 0 Å². The molecule has 0 aromatic heterocycles. The molecule has 1 heterocycles. The van der Waals surface area contributed by atoms with Gasteiger partial charge in [0.2, 0.25) is 5.91 Å². The van der Waals surface area contributed by atoms with Crippen molar-refractivity contribution in [2.45, 2.75) is 63.5 Å². The predicted octanol–water partition coefficient (Wildman–Crippen LogP) is 1.68. The van der Waals surface area contributed by atoms with E-state index in [4.69, 9.17) is 10.5 Å². The summed E-state index contributed by atoms with van der Waals surface area (Å²) in [5, 5.41) is 0. The Kier molecular flexibility index (Phi) is 4.62. The first-order valence-corrected chi connectivity index (χ1v) is 7.31. The Morgan fingerprint density at radius 2 is 1.94 bits per heavy atom. The summed E-state index contributed by atoms with van der Waals surface area (Å²) in [5.41, 5.74) is 6.06. The molecule has 0 radical (unpaired) electrons. The average Bonchev–Trinajstić information content (AvgIpc) is 2.77. The largest absolute Gasteiger partial charge is 0.378 e. The highest BCUT2D eigenvalue weighted by molar-refractivity contribution is 5.77. The first-order chi connectivity index (χ1) is 8.63. The van der Waals surface area contributed by atoms with Gasteiger partial charge in [0.1, 0.15) is 0 Å². The Bertz CT molecular complexity index is 280. The number of amides is 1. The van der Waals surface area contributed by atoms with E-state index in [9.17, 15) is 4.79 Å². The van der Waals surface area contributed by atoms with Gasteiger partial charge in [0, 0.05) is 31.7 Å². The zero-order valence-corrected chi connectivity index (χ0v) is 11.5. The van der Waals surface area contributed by atoms with Crippen LogP contribution in [0.4, 0.5) is 0 Å². The summed E-state index contributed by atoms with van der Waals surface area (Å²) in [7, 11) is 0. The van der Waals surface area contributed by atoms with Crippen molar-refractivity contribution in [2.24, 2.45) is 5.73 Å². The molecular formula is C14H26N2O2. The van der Waals surface area contributed by atoms with Gasteiger partial charge in [0.25, 0.3) is 0 Å². The molecule has 1 amide bonds. The van der Waals surface area contributed by atoms with Crippen LogP contribution in [0.25, 0.3) is 0 Å². The molecule has 4 heteroatoms. The van der Waals surface area contributed by atoms with Crippen LogP contribution in [-0.4, -0.2) is 42.1 Å². The lowest BCUT2D eigenvalue weighted by Gasteiger charge is -2.34. The third kappa shape index (κ3) is 3.45. The van der Waals surface area contributed by atoms with Gasteiger partial charge in [-0.15, -0.1) is 0 Å². The monoisotopic (exact) mass is 254 g/mol. The minimum atomic E-state index is -0.214. The predicted molar refractivity (Wildman–Crippen MR) is 71.2 cm³/mol. The van der Waals surface area contributed by atoms with Gasteiger partial charge in [-0.2, -0.15) is 0 Å². The van der Waals surface area contributed by atoms with Crippen molar-refractivity contribution in [3.05, 3.63) is 0 Å². The van der Waals surface area contributed by atoms with Crippen molar-refractivity contribution in [2.75, 3.05) is 19.7 Å². The summed E-state index contributed by atoms with van der Waals surface area (Å²) in [6.07, 6.45) is 7.19. The Morgan fingerprint density at radius 3 is 2.50 bits per heavy atom. The van der Waals surface area contributed by atoms with E-state index in [0.717, 1.165) is 45.4 Å². The highest BCUT2D eigenvalue weighted by Crippen LogP contribution is 2.31. The van der Waals surface area contributed by atoms with Crippen molar-refractivity contribution in [1.82, 2.24) is 4.90 Å². The van der Waals surface area contributed by atoms with Gasteiger partial charge in [0.05, 0.1) is 6.10 Å². The molecular weight excluding hydrogens is 228 g/mol. The molecule has 0 atom stereocenters. The summed E-state index contributed by atoms with van der Waals surface area (Å²) in [6.45, 7) is 4.46. The van der Waals surface area contributed by atoms with E-state index >= 15 is 0 Å². The molecule has 0 aromatic rings. The van der Waals surface area contributed by atoms with Crippen LogP contribution in [0, 0.1) is 0 Å². The molecule has 2 aliphatic rings. The summed E-state index contributed by atoms with van der Waals surface area (Å²) >= 11 is 0. The normalized spacial score (nSPS) is 24.4. The molecule has 104 valence electrons. The fraction of sp³-hybridized carbons (Fsp3) is 0.929. The molecule has 1 aliphatic carbocycles. The number of carbonyl (C=O) groups is 1. The third-order valence-electron chi connectivity index (χ3n) is 4.30. The standard InChI is InChI=1S/C14H26N2O2/c1-2-18-12-5-9-16(10-6-12)13(17)11-14(15)7-3-4-8-14/h12H,2-11,15H2,1H3. The van der Waals surface area contributed by atoms with Crippen LogP contribution >= 0.6 is 0 Å². The second kappa shape index (κ2) is 6.02. The van der Waals surface area contributed by atoms with Crippen LogP contribution in [0.3, 0.4) is 0 Å². The summed E-state index contributed by atoms with van der Waals surface area (Å²) in [4.78, 5) is 14.2. The highest BCUT2D eigenvalue weighted by atomic mass is 16.5. The topological polar surface area (TPSA) is 55.6 Å². The molecule has 1 saturated carbocycles. The number of piperidine rings is 1. The third-order valence-corrected chi connectivity index (χ3v) is 4.30. The lowest BCUT2D eigenvalue weighted by molar-refractivity contribution is -0.135. The number of hydrogen-bond donors (Lipinski definition) is 1. The molecule has 2 rings (SSSR count). The van der Waals surface area contributed by atoms with E-state index in [1.807, 2.05) is 11.8 Å². The van der Waals surface area contributed by atoms with E-state index < -0.39 is 0 Å². The number of rotatable bonds is 4. The van der Waals surface area contributed by atoms with E-state index in [1.165, 1.54) is 12.8 Å². The molecule has 0 bridgehead atoms. The molecule has 0 unspecified atom stereocenters. The summed E-state index contributed by atoms with van der Waals surface area (Å²) < 4.78 is 5.60. The van der Waals surface area contributed by atoms with Gasteiger partial charge in [-0.1, -0.05) is 12.8 Å². The van der Waals surface area contributed by atoms with Gasteiger partial charge < -0.3 is 15.4 Å². The van der Waals surface area contributed by atoms with Crippen LogP contribution in [-0.2, 0) is 9.53 Å². The zero-order chi connectivity index (χ0) is 13.0. The summed E-state index contributed by atoms with van der Waals surface area (Å²) in [6, 6.07) is 0. The van der Waals surface area contributed by atoms with E-state index in [1.54, 1.807) is 0 Å². The number of carbonyl (C=O) groups excluding carboxylic acids is 1. The molecule has 0 aromatic carbocycles. The maximum Gasteiger partial charge on any atom is 0.224 e. The molecule has 1 saturated heterocycles. The Balaban J connectivity index is 1.77. The maximum absolute atomic E-state index is 12.2. The Morgan fingerprint density at radius 1 is 1.33 bits per heavy atom. The van der Waals surface area contributed by atoms with E-state index in [-0.39, 0.29) is 11.4 Å². The number of nitrogens with zero attached hydrogens (tertiary/aromatic N) is 1. The zero-order valence-electron chi connectivity index (χ0n) is 11.5. The minimum Gasteiger partial charge on any atom is -0.378 e. The second-order valence-electron chi connectivity index (χ2n) is 5.78. The minimum absolute atomic E-state index is 0.214. The lowest BCUT2D eigenvalue weighted by atomic mass is 9.93. The Hall–Kier alpha value is -0.610. The van der Waals surface area contributed by atoms with Crippen molar-refractivity contribution in [1.29, 1.82) is 0 Å². The molecule has 0 spiro atoms. The van der Waals surface area contributed by atoms with Crippen molar-refractivity contribution < 1.29 is 9.53 Å². The van der Waals surface area contributed by atoms with Gasteiger partial charge >= 0.3 is 0 Å². The highest BCUT2D eigenvalue weighted by Gasteiger charge is 2.34. The fourth-order valence-electron chi connectivity index (χ4n) is 3.18. The van der Waals surface area contributed by atoms with Crippen LogP contribution in [0.2, 0.25) is 0 Å². The number of likely N-dealkylation sites (tertiary alicyclic amines) is 1. The first-order valence-electron chi connectivity index (χ1n) is 7.31. The average molecular weight is 254 g/mol. The van der Waals surface area contributed by atoms with Crippen LogP contribution in [0.15, 0.2) is 0 Å². The van der Waals surface area contributed by atoms with Crippen LogP contribution in [0.1, 0.15) is 51.9 Å². The van der Waals surface area contributed by atoms with Crippen molar-refractivity contribution >= 4 is 5.91 Å². The molecule has 18 heavy (non-hydrogen) atoms. The lowest BCUT2D eigenvalue weighted by Crippen LogP contribution is -2.46. The fourth-order valence-corrected chi connectivity index (χ4v) is 3.18. The molecule has 2 N–H and O–H groups in total. The second-order valence-corrected chi connectivity index (χ2v) is 5.78. The van der Waals surface area contributed by atoms with Gasteiger partial charge in [0.15, 0.2) is 0 Å². The van der Waals surface area contributed by atoms with Crippen molar-refractivity contribution in [3.8, 4) is 0 Å². The number of nitrogens with two attached hydrogens (primary N) is 1. The Labute approximate surface area is 110 Å². The van der Waals surface area contributed by atoms with Crippen molar-refractivity contribution in [3.63, 3.8) is 0 Å².